The fraction of sp³-hybridized carbons (Fsp3) is 0.500. The van der Waals surface area contributed by atoms with Gasteiger partial charge in [0.1, 0.15) is 0 Å². The molecule has 2 heterocycles. The molecule has 2 atom stereocenters. The van der Waals surface area contributed by atoms with Gasteiger partial charge in [-0.25, -0.2) is 16.8 Å². The van der Waals surface area contributed by atoms with Gasteiger partial charge in [0.2, 0.25) is 0 Å². The summed E-state index contributed by atoms with van der Waals surface area (Å²) in [5.74, 6) is -0.597. The average Bonchev–Trinajstić information content (AvgIpc) is 2.76. The quantitative estimate of drug-likeness (QED) is 0.792. The molecule has 0 aromatic heterocycles. The van der Waals surface area contributed by atoms with Crippen molar-refractivity contribution in [2.24, 2.45) is 5.73 Å². The fourth-order valence-electron chi connectivity index (χ4n) is 3.10. The third-order valence-electron chi connectivity index (χ3n) is 4.08. The molecule has 0 aliphatic carbocycles. The van der Waals surface area contributed by atoms with Gasteiger partial charge in [0, 0.05) is 11.5 Å². The first-order chi connectivity index (χ1) is 8.74. The summed E-state index contributed by atoms with van der Waals surface area (Å²) in [6.07, 6.45) is 0.323. The van der Waals surface area contributed by atoms with Crippen molar-refractivity contribution in [1.82, 2.24) is 0 Å². The third kappa shape index (κ3) is 2.00. The lowest BCUT2D eigenvalue weighted by Gasteiger charge is -2.29. The van der Waals surface area contributed by atoms with Crippen LogP contribution in [0.15, 0.2) is 29.2 Å². The molecule has 1 fully saturated rings. The van der Waals surface area contributed by atoms with Crippen LogP contribution in [-0.4, -0.2) is 39.6 Å². The predicted molar refractivity (Wildman–Crippen MR) is 71.4 cm³/mol. The van der Waals surface area contributed by atoms with E-state index in [1.54, 1.807) is 24.3 Å². The highest BCUT2D eigenvalue weighted by molar-refractivity contribution is 7.92. The second-order valence-electron chi connectivity index (χ2n) is 5.45. The first kappa shape index (κ1) is 13.1. The number of hydrogen-bond donors (Lipinski definition) is 1. The van der Waals surface area contributed by atoms with E-state index in [4.69, 9.17) is 5.73 Å². The lowest BCUT2D eigenvalue weighted by molar-refractivity contribution is 0.408. The molecule has 0 radical (unpaired) electrons. The Labute approximate surface area is 112 Å². The van der Waals surface area contributed by atoms with Crippen molar-refractivity contribution in [3.05, 3.63) is 29.8 Å². The highest BCUT2D eigenvalue weighted by atomic mass is 32.2. The van der Waals surface area contributed by atoms with Gasteiger partial charge in [-0.2, -0.15) is 0 Å². The first-order valence-electron chi connectivity index (χ1n) is 6.05. The molecule has 0 bridgehead atoms. The Hall–Kier alpha value is -0.920. The zero-order valence-electron chi connectivity index (χ0n) is 10.2. The first-order valence-corrected chi connectivity index (χ1v) is 9.52. The molecule has 1 aromatic carbocycles. The molecule has 7 heteroatoms. The third-order valence-corrected chi connectivity index (χ3v) is 7.69. The maximum atomic E-state index is 12.1. The van der Waals surface area contributed by atoms with E-state index in [0.29, 0.717) is 16.9 Å². The van der Waals surface area contributed by atoms with Gasteiger partial charge < -0.3 is 5.73 Å². The van der Waals surface area contributed by atoms with E-state index in [2.05, 4.69) is 0 Å². The molecule has 3 rings (SSSR count). The molecule has 1 saturated heterocycles. The van der Waals surface area contributed by atoms with E-state index < -0.39 is 31.1 Å². The minimum absolute atomic E-state index is 0.0439. The van der Waals surface area contributed by atoms with Crippen LogP contribution in [0.1, 0.15) is 17.9 Å². The van der Waals surface area contributed by atoms with Gasteiger partial charge in [-0.15, -0.1) is 0 Å². The Balaban J connectivity index is 2.10. The molecule has 2 aliphatic heterocycles. The summed E-state index contributed by atoms with van der Waals surface area (Å²) >= 11 is 0. The SMILES string of the molecule is NC1(C2CS(=O)(=O)c3ccccc32)CCS(=O)(=O)C1. The molecule has 5 nitrogen and oxygen atoms in total. The summed E-state index contributed by atoms with van der Waals surface area (Å²) in [5.41, 5.74) is 5.94. The summed E-state index contributed by atoms with van der Waals surface area (Å²) in [4.78, 5) is 0.300. The molecule has 0 spiro atoms. The van der Waals surface area contributed by atoms with Crippen LogP contribution in [0.4, 0.5) is 0 Å². The minimum Gasteiger partial charge on any atom is -0.324 e. The van der Waals surface area contributed by atoms with Crippen LogP contribution in [0.5, 0.6) is 0 Å². The van der Waals surface area contributed by atoms with E-state index in [1.165, 1.54) is 0 Å². The van der Waals surface area contributed by atoms with Crippen molar-refractivity contribution >= 4 is 19.7 Å². The lowest BCUT2D eigenvalue weighted by atomic mass is 9.81. The van der Waals surface area contributed by atoms with Crippen LogP contribution in [0.3, 0.4) is 0 Å². The molecule has 0 amide bonds. The monoisotopic (exact) mass is 301 g/mol. The average molecular weight is 301 g/mol. The molecular formula is C12H15NO4S2. The Morgan fingerprint density at radius 1 is 1.16 bits per heavy atom. The standard InChI is InChI=1S/C12H15NO4S2/c13-12(5-6-18(14,15)8-12)10-7-19(16,17)11-4-2-1-3-9(10)11/h1-4,10H,5-8,13H2. The van der Waals surface area contributed by atoms with Crippen molar-refractivity contribution in [3.8, 4) is 0 Å². The minimum atomic E-state index is -3.34. The molecule has 2 unspecified atom stereocenters. The van der Waals surface area contributed by atoms with Gasteiger partial charge in [-0.1, -0.05) is 18.2 Å². The predicted octanol–water partition coefficient (Wildman–Crippen LogP) is 0.0735. The largest absolute Gasteiger partial charge is 0.324 e. The van der Waals surface area contributed by atoms with Crippen LogP contribution < -0.4 is 5.73 Å². The molecule has 0 saturated carbocycles. The molecule has 1 aromatic rings. The number of hydrogen-bond acceptors (Lipinski definition) is 5. The second kappa shape index (κ2) is 3.80. The van der Waals surface area contributed by atoms with E-state index in [-0.39, 0.29) is 17.3 Å². The zero-order valence-corrected chi connectivity index (χ0v) is 11.9. The highest BCUT2D eigenvalue weighted by Gasteiger charge is 2.50. The van der Waals surface area contributed by atoms with Crippen LogP contribution in [0.2, 0.25) is 0 Å². The van der Waals surface area contributed by atoms with Gasteiger partial charge >= 0.3 is 0 Å². The van der Waals surface area contributed by atoms with Gasteiger partial charge in [0.05, 0.1) is 22.2 Å². The summed E-state index contributed by atoms with van der Waals surface area (Å²) < 4.78 is 47.5. The second-order valence-corrected chi connectivity index (χ2v) is 9.63. The number of nitrogens with two attached hydrogens (primary N) is 1. The lowest BCUT2D eigenvalue weighted by Crippen LogP contribution is -2.47. The van der Waals surface area contributed by atoms with E-state index in [1.807, 2.05) is 0 Å². The van der Waals surface area contributed by atoms with Crippen LogP contribution >= 0.6 is 0 Å². The van der Waals surface area contributed by atoms with Gasteiger partial charge in [-0.05, 0) is 18.1 Å². The number of benzene rings is 1. The summed E-state index contributed by atoms with van der Waals surface area (Å²) in [5, 5.41) is 0. The molecule has 104 valence electrons. The Morgan fingerprint density at radius 2 is 1.84 bits per heavy atom. The zero-order chi connectivity index (χ0) is 13.9. The van der Waals surface area contributed by atoms with E-state index in [0.717, 1.165) is 0 Å². The Bertz CT molecular complexity index is 739. The van der Waals surface area contributed by atoms with Crippen LogP contribution in [-0.2, 0) is 19.7 Å². The number of fused-ring (bicyclic) bond motifs is 1. The van der Waals surface area contributed by atoms with Crippen LogP contribution in [0.25, 0.3) is 0 Å². The summed E-state index contributed by atoms with van der Waals surface area (Å²) in [6.45, 7) is 0. The summed E-state index contributed by atoms with van der Waals surface area (Å²) in [7, 11) is -6.49. The Morgan fingerprint density at radius 3 is 2.47 bits per heavy atom. The molecule has 19 heavy (non-hydrogen) atoms. The van der Waals surface area contributed by atoms with Crippen molar-refractivity contribution in [2.45, 2.75) is 22.8 Å². The van der Waals surface area contributed by atoms with Crippen LogP contribution in [0, 0.1) is 0 Å². The van der Waals surface area contributed by atoms with Crippen molar-refractivity contribution in [1.29, 1.82) is 0 Å². The highest BCUT2D eigenvalue weighted by Crippen LogP contribution is 2.44. The fourth-order valence-corrected chi connectivity index (χ4v) is 7.09. The number of rotatable bonds is 1. The number of sulfone groups is 2. The summed E-state index contributed by atoms with van der Waals surface area (Å²) in [6, 6.07) is 6.74. The maximum Gasteiger partial charge on any atom is 0.179 e. The Kier molecular flexibility index (Phi) is 2.62. The van der Waals surface area contributed by atoms with Gasteiger partial charge in [-0.3, -0.25) is 0 Å². The van der Waals surface area contributed by atoms with E-state index in [9.17, 15) is 16.8 Å². The van der Waals surface area contributed by atoms with E-state index >= 15 is 0 Å². The van der Waals surface area contributed by atoms with Gasteiger partial charge in [0.15, 0.2) is 19.7 Å². The molecule has 2 aliphatic rings. The van der Waals surface area contributed by atoms with Crippen molar-refractivity contribution in [3.63, 3.8) is 0 Å². The smallest absolute Gasteiger partial charge is 0.179 e. The van der Waals surface area contributed by atoms with Crippen molar-refractivity contribution in [2.75, 3.05) is 17.3 Å². The molecule has 2 N–H and O–H groups in total. The topological polar surface area (TPSA) is 94.3 Å². The molecular weight excluding hydrogens is 286 g/mol. The van der Waals surface area contributed by atoms with Crippen molar-refractivity contribution < 1.29 is 16.8 Å². The normalized spacial score (nSPS) is 35.1. The maximum absolute atomic E-state index is 12.1. The van der Waals surface area contributed by atoms with Gasteiger partial charge in [0.25, 0.3) is 0 Å².